The van der Waals surface area contributed by atoms with Gasteiger partial charge in [-0.2, -0.15) is 0 Å². The molecule has 8 heavy (non-hydrogen) atoms. The first-order valence-corrected chi connectivity index (χ1v) is 3.63. The predicted molar refractivity (Wildman–Crippen MR) is 33.8 cm³/mol. The maximum absolute atomic E-state index is 2.62. The van der Waals surface area contributed by atoms with Gasteiger partial charge >= 0.3 is 0 Å². The molecule has 1 nitrogen and oxygen atoms in total. The lowest BCUT2D eigenvalue weighted by Crippen LogP contribution is -2.46. The summed E-state index contributed by atoms with van der Waals surface area (Å²) in [5.74, 6) is 0. The zero-order chi connectivity index (χ0) is 5.56. The van der Waals surface area contributed by atoms with Crippen molar-refractivity contribution in [3.05, 3.63) is 0 Å². The first-order chi connectivity index (χ1) is 3.88. The Morgan fingerprint density at radius 2 is 2.00 bits per heavy atom. The number of likely N-dealkylation sites (tertiary alicyclic amines) is 1. The largest absolute Gasteiger partial charge is 0.298 e. The molecule has 2 aliphatic rings. The van der Waals surface area contributed by atoms with Crippen LogP contribution in [0.5, 0.6) is 0 Å². The third-order valence-electron chi connectivity index (χ3n) is 2.39. The van der Waals surface area contributed by atoms with Gasteiger partial charge in [-0.1, -0.05) is 0 Å². The van der Waals surface area contributed by atoms with E-state index < -0.39 is 0 Å². The van der Waals surface area contributed by atoms with Crippen molar-refractivity contribution in [1.29, 1.82) is 0 Å². The van der Waals surface area contributed by atoms with Crippen molar-refractivity contribution in [2.75, 3.05) is 6.54 Å². The molecule has 0 radical (unpaired) electrons. The lowest BCUT2D eigenvalue weighted by molar-refractivity contribution is 0.0953. The normalized spacial score (nSPS) is 39.4. The summed E-state index contributed by atoms with van der Waals surface area (Å²) < 4.78 is 0. The lowest BCUT2D eigenvalue weighted by atomic mass is 10.1. The van der Waals surface area contributed by atoms with Gasteiger partial charge in [-0.15, -0.1) is 0 Å². The van der Waals surface area contributed by atoms with Crippen molar-refractivity contribution in [3.8, 4) is 0 Å². The SMILES string of the molecule is C[C@H]1CCN1C1CC1. The highest BCUT2D eigenvalue weighted by molar-refractivity contribution is 4.92. The van der Waals surface area contributed by atoms with E-state index in [0.29, 0.717) is 0 Å². The Balaban J connectivity index is 1.87. The molecule has 46 valence electrons. The summed E-state index contributed by atoms with van der Waals surface area (Å²) in [7, 11) is 0. The zero-order valence-electron chi connectivity index (χ0n) is 5.43. The van der Waals surface area contributed by atoms with E-state index in [9.17, 15) is 0 Å². The molecule has 0 N–H and O–H groups in total. The molecule has 0 bridgehead atoms. The van der Waals surface area contributed by atoms with Gasteiger partial charge in [-0.05, 0) is 26.2 Å². The Kier molecular flexibility index (Phi) is 0.884. The van der Waals surface area contributed by atoms with Crippen LogP contribution in [0.3, 0.4) is 0 Å². The predicted octanol–water partition coefficient (Wildman–Crippen LogP) is 1.24. The van der Waals surface area contributed by atoms with Crippen molar-refractivity contribution in [1.82, 2.24) is 4.90 Å². The molecule has 1 aliphatic heterocycles. The summed E-state index contributed by atoms with van der Waals surface area (Å²) in [5, 5.41) is 0. The second-order valence-electron chi connectivity index (χ2n) is 3.11. The van der Waals surface area contributed by atoms with E-state index in [1.807, 2.05) is 0 Å². The number of nitrogens with zero attached hydrogens (tertiary/aromatic N) is 1. The Morgan fingerprint density at radius 1 is 1.25 bits per heavy atom. The van der Waals surface area contributed by atoms with Gasteiger partial charge in [0.05, 0.1) is 0 Å². The fourth-order valence-corrected chi connectivity index (χ4v) is 1.49. The van der Waals surface area contributed by atoms with Gasteiger partial charge in [-0.3, -0.25) is 4.90 Å². The Bertz CT molecular complexity index is 94.6. The van der Waals surface area contributed by atoms with Crippen LogP contribution in [0.15, 0.2) is 0 Å². The summed E-state index contributed by atoms with van der Waals surface area (Å²) in [4.78, 5) is 2.62. The Morgan fingerprint density at radius 3 is 2.12 bits per heavy atom. The first-order valence-electron chi connectivity index (χ1n) is 3.63. The Hall–Kier alpha value is -0.0400. The molecule has 1 heteroatoms. The average Bonchev–Trinajstić information content (AvgIpc) is 2.46. The fraction of sp³-hybridized carbons (Fsp3) is 1.00. The molecule has 1 atom stereocenters. The third kappa shape index (κ3) is 0.576. The molecule has 0 aromatic carbocycles. The summed E-state index contributed by atoms with van der Waals surface area (Å²) in [6.07, 6.45) is 4.39. The molecule has 0 aromatic rings. The number of hydrogen-bond acceptors (Lipinski definition) is 1. The van der Waals surface area contributed by atoms with Gasteiger partial charge in [0.2, 0.25) is 0 Å². The van der Waals surface area contributed by atoms with E-state index in [1.165, 1.54) is 25.8 Å². The minimum Gasteiger partial charge on any atom is -0.298 e. The summed E-state index contributed by atoms with van der Waals surface area (Å²) in [6, 6.07) is 1.93. The van der Waals surface area contributed by atoms with Crippen LogP contribution in [0.2, 0.25) is 0 Å². The lowest BCUT2D eigenvalue weighted by Gasteiger charge is -2.38. The molecule has 1 saturated carbocycles. The van der Waals surface area contributed by atoms with Crippen LogP contribution < -0.4 is 0 Å². The summed E-state index contributed by atoms with van der Waals surface area (Å²) in [6.45, 7) is 3.72. The van der Waals surface area contributed by atoms with Crippen molar-refractivity contribution in [2.45, 2.75) is 38.3 Å². The van der Waals surface area contributed by atoms with E-state index in [0.717, 1.165) is 12.1 Å². The van der Waals surface area contributed by atoms with E-state index in [2.05, 4.69) is 11.8 Å². The third-order valence-corrected chi connectivity index (χ3v) is 2.39. The van der Waals surface area contributed by atoms with Gasteiger partial charge in [0.1, 0.15) is 0 Å². The van der Waals surface area contributed by atoms with Gasteiger partial charge in [0.25, 0.3) is 0 Å². The molecule has 1 aliphatic carbocycles. The van der Waals surface area contributed by atoms with Gasteiger partial charge in [0.15, 0.2) is 0 Å². The monoisotopic (exact) mass is 111 g/mol. The summed E-state index contributed by atoms with van der Waals surface area (Å²) >= 11 is 0. The van der Waals surface area contributed by atoms with Crippen LogP contribution in [0.1, 0.15) is 26.2 Å². The Labute approximate surface area is 50.7 Å². The number of rotatable bonds is 1. The fourth-order valence-electron chi connectivity index (χ4n) is 1.49. The van der Waals surface area contributed by atoms with E-state index in [1.54, 1.807) is 0 Å². The molecule has 1 heterocycles. The summed E-state index contributed by atoms with van der Waals surface area (Å²) in [5.41, 5.74) is 0. The molecular formula is C7H13N. The minimum absolute atomic E-state index is 0.919. The molecule has 2 rings (SSSR count). The van der Waals surface area contributed by atoms with Crippen molar-refractivity contribution < 1.29 is 0 Å². The van der Waals surface area contributed by atoms with Crippen molar-refractivity contribution in [2.24, 2.45) is 0 Å². The van der Waals surface area contributed by atoms with Gasteiger partial charge in [-0.25, -0.2) is 0 Å². The second kappa shape index (κ2) is 1.47. The molecule has 0 spiro atoms. The molecule has 2 fully saturated rings. The van der Waals surface area contributed by atoms with Crippen molar-refractivity contribution in [3.63, 3.8) is 0 Å². The highest BCUT2D eigenvalue weighted by Gasteiger charge is 2.36. The molecule has 0 amide bonds. The van der Waals surface area contributed by atoms with Crippen LogP contribution in [-0.4, -0.2) is 23.5 Å². The number of hydrogen-bond donors (Lipinski definition) is 0. The van der Waals surface area contributed by atoms with Crippen LogP contribution in [0.25, 0.3) is 0 Å². The van der Waals surface area contributed by atoms with E-state index in [4.69, 9.17) is 0 Å². The second-order valence-corrected chi connectivity index (χ2v) is 3.11. The zero-order valence-corrected chi connectivity index (χ0v) is 5.43. The smallest absolute Gasteiger partial charge is 0.00992 e. The molecule has 0 unspecified atom stereocenters. The minimum atomic E-state index is 0.919. The van der Waals surface area contributed by atoms with Crippen LogP contribution >= 0.6 is 0 Å². The molecular weight excluding hydrogens is 98.1 g/mol. The van der Waals surface area contributed by atoms with Gasteiger partial charge < -0.3 is 0 Å². The maximum atomic E-state index is 2.62. The van der Waals surface area contributed by atoms with Crippen LogP contribution in [0.4, 0.5) is 0 Å². The van der Waals surface area contributed by atoms with Crippen LogP contribution in [-0.2, 0) is 0 Å². The average molecular weight is 111 g/mol. The van der Waals surface area contributed by atoms with E-state index in [-0.39, 0.29) is 0 Å². The topological polar surface area (TPSA) is 3.24 Å². The highest BCUT2D eigenvalue weighted by atomic mass is 15.3. The van der Waals surface area contributed by atoms with Crippen LogP contribution in [0, 0.1) is 0 Å². The first kappa shape index (κ1) is 4.80. The highest BCUT2D eigenvalue weighted by Crippen LogP contribution is 2.33. The van der Waals surface area contributed by atoms with Gasteiger partial charge in [0, 0.05) is 18.6 Å². The maximum Gasteiger partial charge on any atom is 0.00992 e. The molecule has 1 saturated heterocycles. The van der Waals surface area contributed by atoms with Crippen molar-refractivity contribution >= 4 is 0 Å². The quantitative estimate of drug-likeness (QED) is 0.492. The molecule has 0 aromatic heterocycles. The van der Waals surface area contributed by atoms with E-state index >= 15 is 0 Å². The standard InChI is InChI=1S/C7H13N/c1-6-4-5-8(6)7-2-3-7/h6-7H,2-5H2,1H3/t6-/m0/s1.